The molecule has 108 valence electrons. The molecule has 1 aromatic carbocycles. The second-order valence-electron chi connectivity index (χ2n) is 5.18. The zero-order valence-corrected chi connectivity index (χ0v) is 11.9. The number of carbonyl (C=O) groups is 2. The smallest absolute Gasteiger partial charge is 0.324 e. The molecule has 1 aliphatic rings. The van der Waals surface area contributed by atoms with Crippen LogP contribution >= 0.6 is 0 Å². The Kier molecular flexibility index (Phi) is 4.27. The first-order chi connectivity index (χ1) is 9.52. The van der Waals surface area contributed by atoms with E-state index in [-0.39, 0.29) is 18.4 Å². The minimum atomic E-state index is -0.798. The number of aryl methyl sites for hydroxylation is 1. The van der Waals surface area contributed by atoms with Gasteiger partial charge in [0, 0.05) is 31.2 Å². The maximum Gasteiger partial charge on any atom is 0.324 e. The van der Waals surface area contributed by atoms with Crippen molar-refractivity contribution in [2.45, 2.75) is 20.3 Å². The van der Waals surface area contributed by atoms with Crippen LogP contribution in [0.3, 0.4) is 0 Å². The lowest BCUT2D eigenvalue weighted by molar-refractivity contribution is -0.139. The molecular weight excluding hydrogens is 256 g/mol. The lowest BCUT2D eigenvalue weighted by Gasteiger charge is -2.41. The average Bonchev–Trinajstić information content (AvgIpc) is 2.36. The summed E-state index contributed by atoms with van der Waals surface area (Å²) < 4.78 is 0. The Morgan fingerprint density at radius 3 is 2.55 bits per heavy atom. The van der Waals surface area contributed by atoms with E-state index in [0.717, 1.165) is 11.3 Å². The van der Waals surface area contributed by atoms with Gasteiger partial charge in [-0.05, 0) is 25.5 Å². The SMILES string of the molecule is CCN(C(=O)N1CC(CC(=O)O)C1)c1ccccc1C. The van der Waals surface area contributed by atoms with Gasteiger partial charge >= 0.3 is 12.0 Å². The van der Waals surface area contributed by atoms with Gasteiger partial charge in [0.2, 0.25) is 0 Å². The Labute approximate surface area is 118 Å². The van der Waals surface area contributed by atoms with Crippen molar-refractivity contribution in [3.8, 4) is 0 Å². The molecule has 5 heteroatoms. The Morgan fingerprint density at radius 2 is 2.00 bits per heavy atom. The molecule has 0 aromatic heterocycles. The zero-order chi connectivity index (χ0) is 14.7. The first-order valence-corrected chi connectivity index (χ1v) is 6.86. The van der Waals surface area contributed by atoms with E-state index in [2.05, 4.69) is 0 Å². The maximum absolute atomic E-state index is 12.4. The maximum atomic E-state index is 12.4. The summed E-state index contributed by atoms with van der Waals surface area (Å²) in [5.74, 6) is -0.708. The number of carboxylic acid groups (broad SMARTS) is 1. The van der Waals surface area contributed by atoms with Gasteiger partial charge in [0.25, 0.3) is 0 Å². The summed E-state index contributed by atoms with van der Waals surface area (Å²) >= 11 is 0. The molecule has 2 amide bonds. The van der Waals surface area contributed by atoms with Gasteiger partial charge in [0.05, 0.1) is 6.42 Å². The van der Waals surface area contributed by atoms with Gasteiger partial charge in [0.15, 0.2) is 0 Å². The largest absolute Gasteiger partial charge is 0.481 e. The second-order valence-corrected chi connectivity index (χ2v) is 5.18. The summed E-state index contributed by atoms with van der Waals surface area (Å²) in [5, 5.41) is 8.73. The van der Waals surface area contributed by atoms with E-state index in [1.807, 2.05) is 38.1 Å². The molecule has 1 N–H and O–H groups in total. The van der Waals surface area contributed by atoms with Crippen molar-refractivity contribution < 1.29 is 14.7 Å². The average molecular weight is 276 g/mol. The fourth-order valence-corrected chi connectivity index (χ4v) is 2.55. The van der Waals surface area contributed by atoms with Crippen LogP contribution in [-0.2, 0) is 4.79 Å². The molecule has 0 atom stereocenters. The molecule has 1 saturated heterocycles. The Hall–Kier alpha value is -2.04. The van der Waals surface area contributed by atoms with Gasteiger partial charge in [-0.2, -0.15) is 0 Å². The Bertz CT molecular complexity index is 510. The number of rotatable bonds is 4. The van der Waals surface area contributed by atoms with E-state index in [0.29, 0.717) is 19.6 Å². The lowest BCUT2D eigenvalue weighted by atomic mass is 9.97. The molecule has 0 aliphatic carbocycles. The number of amides is 2. The number of carboxylic acids is 1. The Morgan fingerprint density at radius 1 is 1.35 bits per heavy atom. The fourth-order valence-electron chi connectivity index (χ4n) is 2.55. The zero-order valence-electron chi connectivity index (χ0n) is 11.9. The molecule has 1 aromatic rings. The third kappa shape index (κ3) is 2.92. The highest BCUT2D eigenvalue weighted by atomic mass is 16.4. The summed E-state index contributed by atoms with van der Waals surface area (Å²) in [4.78, 5) is 26.5. The van der Waals surface area contributed by atoms with Crippen LogP contribution in [-0.4, -0.2) is 41.6 Å². The van der Waals surface area contributed by atoms with Crippen LogP contribution in [0.25, 0.3) is 0 Å². The van der Waals surface area contributed by atoms with Gasteiger partial charge in [-0.1, -0.05) is 18.2 Å². The molecule has 0 bridgehead atoms. The van der Waals surface area contributed by atoms with E-state index >= 15 is 0 Å². The lowest BCUT2D eigenvalue weighted by Crippen LogP contribution is -2.55. The van der Waals surface area contributed by atoms with E-state index in [1.165, 1.54) is 0 Å². The topological polar surface area (TPSA) is 60.9 Å². The van der Waals surface area contributed by atoms with Gasteiger partial charge < -0.3 is 10.0 Å². The number of nitrogens with zero attached hydrogens (tertiary/aromatic N) is 2. The van der Waals surface area contributed by atoms with E-state index in [1.54, 1.807) is 9.80 Å². The third-order valence-electron chi connectivity index (χ3n) is 3.64. The molecule has 0 saturated carbocycles. The van der Waals surface area contributed by atoms with Crippen molar-refractivity contribution in [1.82, 2.24) is 4.90 Å². The van der Waals surface area contributed by atoms with Crippen LogP contribution in [0.2, 0.25) is 0 Å². The number of urea groups is 1. The third-order valence-corrected chi connectivity index (χ3v) is 3.64. The van der Waals surface area contributed by atoms with Crippen LogP contribution in [0.5, 0.6) is 0 Å². The van der Waals surface area contributed by atoms with Crippen molar-refractivity contribution in [2.24, 2.45) is 5.92 Å². The predicted octanol–water partition coefficient (Wildman–Crippen LogP) is 2.35. The molecule has 1 aliphatic heterocycles. The fraction of sp³-hybridized carbons (Fsp3) is 0.467. The number of benzene rings is 1. The summed E-state index contributed by atoms with van der Waals surface area (Å²) in [5.41, 5.74) is 1.98. The minimum Gasteiger partial charge on any atom is -0.481 e. The predicted molar refractivity (Wildman–Crippen MR) is 76.9 cm³/mol. The van der Waals surface area contributed by atoms with Crippen molar-refractivity contribution >= 4 is 17.7 Å². The molecular formula is C15H20N2O3. The second kappa shape index (κ2) is 5.94. The molecule has 1 fully saturated rings. The van der Waals surface area contributed by atoms with Gasteiger partial charge in [-0.3, -0.25) is 9.69 Å². The van der Waals surface area contributed by atoms with Crippen molar-refractivity contribution in [2.75, 3.05) is 24.5 Å². The number of likely N-dealkylation sites (tertiary alicyclic amines) is 1. The first-order valence-electron chi connectivity index (χ1n) is 6.86. The standard InChI is InChI=1S/C15H20N2O3/c1-3-17(13-7-5-4-6-11(13)2)15(20)16-9-12(10-16)8-14(18)19/h4-7,12H,3,8-10H2,1-2H3,(H,18,19). The highest BCUT2D eigenvalue weighted by molar-refractivity contribution is 5.93. The van der Waals surface area contributed by atoms with Crippen LogP contribution in [0.4, 0.5) is 10.5 Å². The minimum absolute atomic E-state index is 0.0385. The van der Waals surface area contributed by atoms with Crippen molar-refractivity contribution in [3.05, 3.63) is 29.8 Å². The van der Waals surface area contributed by atoms with Crippen molar-refractivity contribution in [3.63, 3.8) is 0 Å². The number of carbonyl (C=O) groups excluding carboxylic acids is 1. The molecule has 5 nitrogen and oxygen atoms in total. The van der Waals surface area contributed by atoms with Gasteiger partial charge in [0.1, 0.15) is 0 Å². The highest BCUT2D eigenvalue weighted by Gasteiger charge is 2.34. The van der Waals surface area contributed by atoms with E-state index in [9.17, 15) is 9.59 Å². The molecule has 0 radical (unpaired) electrons. The summed E-state index contributed by atoms with van der Waals surface area (Å²) in [7, 11) is 0. The van der Waals surface area contributed by atoms with E-state index < -0.39 is 5.97 Å². The van der Waals surface area contributed by atoms with Crippen LogP contribution < -0.4 is 4.90 Å². The molecule has 0 unspecified atom stereocenters. The van der Waals surface area contributed by atoms with Crippen molar-refractivity contribution in [1.29, 1.82) is 0 Å². The summed E-state index contributed by atoms with van der Waals surface area (Å²) in [6.45, 7) is 5.60. The quantitative estimate of drug-likeness (QED) is 0.918. The number of aliphatic carboxylic acids is 1. The molecule has 2 rings (SSSR count). The van der Waals surface area contributed by atoms with Gasteiger partial charge in [-0.25, -0.2) is 4.79 Å². The molecule has 0 spiro atoms. The highest BCUT2D eigenvalue weighted by Crippen LogP contribution is 2.25. The monoisotopic (exact) mass is 276 g/mol. The summed E-state index contributed by atoms with van der Waals surface area (Å²) in [6.07, 6.45) is 0.139. The summed E-state index contributed by atoms with van der Waals surface area (Å²) in [6, 6.07) is 7.74. The number of anilines is 1. The van der Waals surface area contributed by atoms with E-state index in [4.69, 9.17) is 5.11 Å². The molecule has 1 heterocycles. The first kappa shape index (κ1) is 14.4. The molecule has 20 heavy (non-hydrogen) atoms. The number of hydrogen-bond donors (Lipinski definition) is 1. The van der Waals surface area contributed by atoms with Gasteiger partial charge in [-0.15, -0.1) is 0 Å². The number of para-hydroxylation sites is 1. The van der Waals surface area contributed by atoms with Crippen LogP contribution in [0, 0.1) is 12.8 Å². The Balaban J connectivity index is 2.01. The van der Waals surface area contributed by atoms with Crippen LogP contribution in [0.15, 0.2) is 24.3 Å². The van der Waals surface area contributed by atoms with Crippen LogP contribution in [0.1, 0.15) is 18.9 Å². The number of hydrogen-bond acceptors (Lipinski definition) is 2. The normalized spacial score (nSPS) is 14.8.